The molecule has 4 aromatic rings. The minimum absolute atomic E-state index is 0.00316. The molecule has 1 amide bonds. The monoisotopic (exact) mass is 318 g/mol. The molecular weight excluding hydrogens is 300 g/mol. The average Bonchev–Trinajstić information content (AvgIpc) is 3.15. The molecule has 0 unspecified atom stereocenters. The number of nitrogens with one attached hydrogen (secondary N) is 1. The van der Waals surface area contributed by atoms with Crippen LogP contribution in [-0.4, -0.2) is 20.1 Å². The molecule has 24 heavy (non-hydrogen) atoms. The lowest BCUT2D eigenvalue weighted by molar-refractivity contribution is -0.120. The molecule has 1 N–H and O–H groups in total. The summed E-state index contributed by atoms with van der Waals surface area (Å²) in [5.74, 6) is 0.00316. The SMILES string of the molecule is Cn1cc(CC(=O)NCc2cc3ccccn3n2)c2ccccc21. The number of hydrogen-bond donors (Lipinski definition) is 1. The van der Waals surface area contributed by atoms with Crippen molar-refractivity contribution in [2.45, 2.75) is 13.0 Å². The van der Waals surface area contributed by atoms with Crippen LogP contribution in [-0.2, 0) is 24.8 Å². The molecule has 5 nitrogen and oxygen atoms in total. The second kappa shape index (κ2) is 5.85. The fourth-order valence-electron chi connectivity index (χ4n) is 3.07. The van der Waals surface area contributed by atoms with Gasteiger partial charge in [0.1, 0.15) is 0 Å². The maximum atomic E-state index is 12.3. The number of benzene rings is 1. The lowest BCUT2D eigenvalue weighted by Crippen LogP contribution is -2.24. The molecule has 3 heterocycles. The van der Waals surface area contributed by atoms with E-state index in [0.29, 0.717) is 13.0 Å². The van der Waals surface area contributed by atoms with Gasteiger partial charge in [0.25, 0.3) is 0 Å². The minimum Gasteiger partial charge on any atom is -0.350 e. The maximum Gasteiger partial charge on any atom is 0.224 e. The number of nitrogens with zero attached hydrogens (tertiary/aromatic N) is 3. The van der Waals surface area contributed by atoms with Crippen molar-refractivity contribution in [2.75, 3.05) is 0 Å². The van der Waals surface area contributed by atoms with Crippen LogP contribution in [0.5, 0.6) is 0 Å². The Hall–Kier alpha value is -3.08. The van der Waals surface area contributed by atoms with E-state index in [-0.39, 0.29) is 5.91 Å². The van der Waals surface area contributed by atoms with Gasteiger partial charge >= 0.3 is 0 Å². The van der Waals surface area contributed by atoms with Gasteiger partial charge in [-0.2, -0.15) is 5.10 Å². The van der Waals surface area contributed by atoms with Crippen LogP contribution in [0.2, 0.25) is 0 Å². The Kier molecular flexibility index (Phi) is 3.54. The predicted octanol–water partition coefficient (Wildman–Crippen LogP) is 2.68. The maximum absolute atomic E-state index is 12.3. The summed E-state index contributed by atoms with van der Waals surface area (Å²) < 4.78 is 3.87. The van der Waals surface area contributed by atoms with Crippen LogP contribution in [0.15, 0.2) is 60.9 Å². The zero-order chi connectivity index (χ0) is 16.5. The van der Waals surface area contributed by atoms with E-state index in [2.05, 4.69) is 27.1 Å². The molecule has 120 valence electrons. The van der Waals surface area contributed by atoms with Gasteiger partial charge < -0.3 is 9.88 Å². The smallest absolute Gasteiger partial charge is 0.224 e. The molecule has 0 bridgehead atoms. The van der Waals surface area contributed by atoms with Crippen molar-refractivity contribution in [2.24, 2.45) is 7.05 Å². The quantitative estimate of drug-likeness (QED) is 0.629. The number of para-hydroxylation sites is 1. The molecule has 0 radical (unpaired) electrons. The van der Waals surface area contributed by atoms with Crippen LogP contribution in [0.25, 0.3) is 16.4 Å². The fourth-order valence-corrected chi connectivity index (χ4v) is 3.07. The molecule has 0 aliphatic rings. The number of amides is 1. The van der Waals surface area contributed by atoms with Gasteiger partial charge in [0.15, 0.2) is 0 Å². The Bertz CT molecular complexity index is 995. The van der Waals surface area contributed by atoms with Crippen LogP contribution in [0.4, 0.5) is 0 Å². The molecule has 3 aromatic heterocycles. The Labute approximate surface area is 139 Å². The molecule has 0 saturated heterocycles. The van der Waals surface area contributed by atoms with Crippen molar-refractivity contribution in [1.82, 2.24) is 19.5 Å². The standard InChI is InChI=1S/C19H18N4O/c1-22-13-14(17-7-2-3-8-18(17)22)10-19(24)20-12-15-11-16-6-4-5-9-23(16)21-15/h2-9,11,13H,10,12H2,1H3,(H,20,24). The van der Waals surface area contributed by atoms with Gasteiger partial charge in [0, 0.05) is 30.3 Å². The fraction of sp³-hybridized carbons (Fsp3) is 0.158. The van der Waals surface area contributed by atoms with Crippen LogP contribution in [0.3, 0.4) is 0 Å². The number of fused-ring (bicyclic) bond motifs is 2. The van der Waals surface area contributed by atoms with E-state index in [1.807, 2.05) is 60.4 Å². The molecule has 4 rings (SSSR count). The highest BCUT2D eigenvalue weighted by Crippen LogP contribution is 2.20. The Morgan fingerprint density at radius 2 is 2.00 bits per heavy atom. The van der Waals surface area contributed by atoms with E-state index in [1.54, 1.807) is 0 Å². The molecule has 0 saturated carbocycles. The molecule has 0 fully saturated rings. The van der Waals surface area contributed by atoms with Crippen molar-refractivity contribution >= 4 is 22.3 Å². The molecule has 0 spiro atoms. The lowest BCUT2D eigenvalue weighted by atomic mass is 10.1. The summed E-state index contributed by atoms with van der Waals surface area (Å²) in [6, 6.07) is 16.0. The molecule has 0 atom stereocenters. The normalized spacial score (nSPS) is 11.2. The van der Waals surface area contributed by atoms with Crippen LogP contribution in [0, 0.1) is 0 Å². The van der Waals surface area contributed by atoms with Crippen molar-refractivity contribution in [3.63, 3.8) is 0 Å². The highest BCUT2D eigenvalue weighted by Gasteiger charge is 2.11. The second-order valence-corrected chi connectivity index (χ2v) is 5.94. The van der Waals surface area contributed by atoms with Gasteiger partial charge in [-0.15, -0.1) is 0 Å². The first-order valence-electron chi connectivity index (χ1n) is 7.93. The van der Waals surface area contributed by atoms with E-state index < -0.39 is 0 Å². The van der Waals surface area contributed by atoms with Crippen LogP contribution in [0.1, 0.15) is 11.3 Å². The largest absolute Gasteiger partial charge is 0.350 e. The molecular formula is C19H18N4O. The first-order chi connectivity index (χ1) is 11.7. The molecule has 0 aliphatic carbocycles. The van der Waals surface area contributed by atoms with Gasteiger partial charge in [0.2, 0.25) is 5.91 Å². The average molecular weight is 318 g/mol. The van der Waals surface area contributed by atoms with Gasteiger partial charge in [-0.3, -0.25) is 4.79 Å². The summed E-state index contributed by atoms with van der Waals surface area (Å²) in [7, 11) is 2.00. The Morgan fingerprint density at radius 1 is 1.17 bits per heavy atom. The number of rotatable bonds is 4. The van der Waals surface area contributed by atoms with Crippen LogP contribution < -0.4 is 5.32 Å². The van der Waals surface area contributed by atoms with Gasteiger partial charge in [-0.25, -0.2) is 4.52 Å². The third kappa shape index (κ3) is 2.65. The van der Waals surface area contributed by atoms with Crippen molar-refractivity contribution < 1.29 is 4.79 Å². The zero-order valence-corrected chi connectivity index (χ0v) is 13.4. The first kappa shape index (κ1) is 14.5. The highest BCUT2D eigenvalue weighted by molar-refractivity contribution is 5.89. The molecule has 5 heteroatoms. The summed E-state index contributed by atoms with van der Waals surface area (Å²) >= 11 is 0. The Morgan fingerprint density at radius 3 is 2.88 bits per heavy atom. The van der Waals surface area contributed by atoms with Crippen molar-refractivity contribution in [3.05, 3.63) is 72.2 Å². The van der Waals surface area contributed by atoms with Crippen molar-refractivity contribution in [3.8, 4) is 0 Å². The van der Waals surface area contributed by atoms with Crippen molar-refractivity contribution in [1.29, 1.82) is 0 Å². The number of aromatic nitrogens is 3. The van der Waals surface area contributed by atoms with E-state index in [9.17, 15) is 4.79 Å². The van der Waals surface area contributed by atoms with E-state index in [0.717, 1.165) is 27.7 Å². The molecule has 0 aliphatic heterocycles. The van der Waals surface area contributed by atoms with Gasteiger partial charge in [0.05, 0.1) is 24.2 Å². The summed E-state index contributed by atoms with van der Waals surface area (Å²) in [5, 5.41) is 8.53. The zero-order valence-electron chi connectivity index (χ0n) is 13.4. The van der Waals surface area contributed by atoms with E-state index in [4.69, 9.17) is 0 Å². The number of hydrogen-bond acceptors (Lipinski definition) is 2. The van der Waals surface area contributed by atoms with E-state index in [1.165, 1.54) is 0 Å². The summed E-state index contributed by atoms with van der Waals surface area (Å²) in [5.41, 5.74) is 4.06. The number of pyridine rings is 1. The third-order valence-corrected chi connectivity index (χ3v) is 4.22. The summed E-state index contributed by atoms with van der Waals surface area (Å²) in [4.78, 5) is 12.3. The topological polar surface area (TPSA) is 51.3 Å². The lowest BCUT2D eigenvalue weighted by Gasteiger charge is -2.02. The summed E-state index contributed by atoms with van der Waals surface area (Å²) in [6.07, 6.45) is 4.29. The number of aryl methyl sites for hydroxylation is 1. The van der Waals surface area contributed by atoms with Gasteiger partial charge in [-0.05, 0) is 29.8 Å². The van der Waals surface area contributed by atoms with Gasteiger partial charge in [-0.1, -0.05) is 24.3 Å². The highest BCUT2D eigenvalue weighted by atomic mass is 16.1. The predicted molar refractivity (Wildman–Crippen MR) is 93.7 cm³/mol. The minimum atomic E-state index is 0.00316. The third-order valence-electron chi connectivity index (χ3n) is 4.22. The number of carbonyl (C=O) groups excluding carboxylic acids is 1. The summed E-state index contributed by atoms with van der Waals surface area (Å²) in [6.45, 7) is 0.436. The first-order valence-corrected chi connectivity index (χ1v) is 7.93. The van der Waals surface area contributed by atoms with Crippen LogP contribution >= 0.6 is 0 Å². The number of carbonyl (C=O) groups is 1. The second-order valence-electron chi connectivity index (χ2n) is 5.94. The van der Waals surface area contributed by atoms with E-state index >= 15 is 0 Å². The molecule has 1 aromatic carbocycles. The Balaban J connectivity index is 1.46.